The Morgan fingerprint density at radius 1 is 0.958 bits per heavy atom. The van der Waals surface area contributed by atoms with E-state index in [1.807, 2.05) is 4.90 Å². The summed E-state index contributed by atoms with van der Waals surface area (Å²) in [6.07, 6.45) is 4.47. The molecule has 1 atom stereocenters. The van der Waals surface area contributed by atoms with Crippen LogP contribution in [0.3, 0.4) is 0 Å². The molecule has 3 heterocycles. The molecule has 6 nitrogen and oxygen atoms in total. The van der Waals surface area contributed by atoms with Crippen LogP contribution in [0.2, 0.25) is 0 Å². The van der Waals surface area contributed by atoms with Crippen LogP contribution >= 0.6 is 0 Å². The molecular weight excluding hydrogens is 304 g/mol. The summed E-state index contributed by atoms with van der Waals surface area (Å²) >= 11 is 0. The van der Waals surface area contributed by atoms with Crippen molar-refractivity contribution in [2.24, 2.45) is 0 Å². The van der Waals surface area contributed by atoms with E-state index in [2.05, 4.69) is 21.7 Å². The van der Waals surface area contributed by atoms with Crippen LogP contribution in [0, 0.1) is 0 Å². The van der Waals surface area contributed by atoms with Gasteiger partial charge in [0.2, 0.25) is 5.91 Å². The molecule has 0 radical (unpaired) electrons. The number of piperazine rings is 1. The lowest BCUT2D eigenvalue weighted by molar-refractivity contribution is -0.133. The average molecular weight is 338 g/mol. The highest BCUT2D eigenvalue weighted by Crippen LogP contribution is 2.18. The van der Waals surface area contributed by atoms with Crippen LogP contribution in [0.25, 0.3) is 0 Å². The van der Waals surface area contributed by atoms with Crippen molar-refractivity contribution in [2.75, 3.05) is 79.2 Å². The predicted molar refractivity (Wildman–Crippen MR) is 95.2 cm³/mol. The van der Waals surface area contributed by atoms with Gasteiger partial charge in [-0.2, -0.15) is 0 Å². The Kier molecular flexibility index (Phi) is 6.89. The lowest BCUT2D eigenvalue weighted by Gasteiger charge is -2.34. The van der Waals surface area contributed by atoms with Gasteiger partial charge < -0.3 is 19.4 Å². The standard InChI is InChI=1S/C18H34N4O2/c1-19-9-11-22(12-10-19)18(23)5-8-20-6-2-3-17(4-7-20)21-13-15-24-16-14-21/h17H,2-16H2,1H3/t17-/m1/s1. The van der Waals surface area contributed by atoms with Crippen LogP contribution in [-0.4, -0.2) is 111 Å². The third-order valence-corrected chi connectivity index (χ3v) is 5.85. The topological polar surface area (TPSA) is 39.3 Å². The maximum atomic E-state index is 12.4. The van der Waals surface area contributed by atoms with E-state index in [1.54, 1.807) is 0 Å². The number of hydrogen-bond acceptors (Lipinski definition) is 5. The van der Waals surface area contributed by atoms with Gasteiger partial charge in [0.1, 0.15) is 0 Å². The Bertz CT molecular complexity index is 392. The second-order valence-electron chi connectivity index (χ2n) is 7.51. The molecule has 3 saturated heterocycles. The molecule has 0 aromatic heterocycles. The van der Waals surface area contributed by atoms with Crippen molar-refractivity contribution in [3.05, 3.63) is 0 Å². The van der Waals surface area contributed by atoms with Crippen LogP contribution in [0.15, 0.2) is 0 Å². The minimum atomic E-state index is 0.345. The minimum absolute atomic E-state index is 0.345. The summed E-state index contributed by atoms with van der Waals surface area (Å²) in [4.78, 5) is 21.9. The highest BCUT2D eigenvalue weighted by Gasteiger charge is 2.25. The predicted octanol–water partition coefficient (Wildman–Crippen LogP) is 0.337. The second-order valence-corrected chi connectivity index (χ2v) is 7.51. The van der Waals surface area contributed by atoms with Crippen molar-refractivity contribution >= 4 is 5.91 Å². The van der Waals surface area contributed by atoms with Crippen molar-refractivity contribution in [2.45, 2.75) is 31.7 Å². The van der Waals surface area contributed by atoms with E-state index in [0.29, 0.717) is 18.4 Å². The van der Waals surface area contributed by atoms with Gasteiger partial charge >= 0.3 is 0 Å². The third kappa shape index (κ3) is 5.15. The number of ether oxygens (including phenoxy) is 1. The molecule has 3 aliphatic rings. The Morgan fingerprint density at radius 3 is 2.46 bits per heavy atom. The summed E-state index contributed by atoms with van der Waals surface area (Å²) in [5.74, 6) is 0.345. The number of likely N-dealkylation sites (tertiary alicyclic amines) is 1. The van der Waals surface area contributed by atoms with E-state index in [0.717, 1.165) is 72.1 Å². The van der Waals surface area contributed by atoms with Gasteiger partial charge in [0.25, 0.3) is 0 Å². The van der Waals surface area contributed by atoms with E-state index in [-0.39, 0.29) is 0 Å². The molecule has 3 aliphatic heterocycles. The highest BCUT2D eigenvalue weighted by molar-refractivity contribution is 5.76. The number of rotatable bonds is 4. The lowest BCUT2D eigenvalue weighted by atomic mass is 10.1. The maximum absolute atomic E-state index is 12.4. The summed E-state index contributed by atoms with van der Waals surface area (Å²) in [7, 11) is 2.13. The van der Waals surface area contributed by atoms with Crippen LogP contribution in [0.4, 0.5) is 0 Å². The number of carbonyl (C=O) groups is 1. The number of morpholine rings is 1. The molecule has 3 rings (SSSR count). The summed E-state index contributed by atoms with van der Waals surface area (Å²) in [6, 6.07) is 0.715. The molecule has 0 aliphatic carbocycles. The van der Waals surface area contributed by atoms with E-state index < -0.39 is 0 Å². The first-order valence-corrected chi connectivity index (χ1v) is 9.73. The van der Waals surface area contributed by atoms with Crippen molar-refractivity contribution < 1.29 is 9.53 Å². The summed E-state index contributed by atoms with van der Waals surface area (Å²) in [6.45, 7) is 11.0. The fraction of sp³-hybridized carbons (Fsp3) is 0.944. The van der Waals surface area contributed by atoms with E-state index in [4.69, 9.17) is 4.74 Å². The first-order valence-electron chi connectivity index (χ1n) is 9.73. The smallest absolute Gasteiger partial charge is 0.223 e. The van der Waals surface area contributed by atoms with E-state index in [9.17, 15) is 4.79 Å². The molecule has 0 aromatic carbocycles. The second kappa shape index (κ2) is 9.13. The molecule has 138 valence electrons. The number of amides is 1. The summed E-state index contributed by atoms with van der Waals surface area (Å²) < 4.78 is 5.47. The Hall–Kier alpha value is -0.690. The molecule has 0 bridgehead atoms. The number of hydrogen-bond donors (Lipinski definition) is 0. The molecule has 6 heteroatoms. The monoisotopic (exact) mass is 338 g/mol. The third-order valence-electron chi connectivity index (χ3n) is 5.85. The molecular formula is C18H34N4O2. The minimum Gasteiger partial charge on any atom is -0.379 e. The fourth-order valence-electron chi connectivity index (χ4n) is 4.14. The molecule has 0 unspecified atom stereocenters. The van der Waals surface area contributed by atoms with Gasteiger partial charge in [0, 0.05) is 58.3 Å². The van der Waals surface area contributed by atoms with Crippen LogP contribution < -0.4 is 0 Å². The van der Waals surface area contributed by atoms with Crippen LogP contribution in [0.1, 0.15) is 25.7 Å². The van der Waals surface area contributed by atoms with Gasteiger partial charge in [-0.15, -0.1) is 0 Å². The molecule has 0 spiro atoms. The van der Waals surface area contributed by atoms with Gasteiger partial charge in [-0.25, -0.2) is 0 Å². The van der Waals surface area contributed by atoms with Crippen LogP contribution in [0.5, 0.6) is 0 Å². The molecule has 1 amide bonds. The zero-order chi connectivity index (χ0) is 16.8. The van der Waals surface area contributed by atoms with Gasteiger partial charge in [-0.05, 0) is 39.4 Å². The SMILES string of the molecule is CN1CCN(C(=O)CCN2CCC[C@@H](N3CCOCC3)CC2)CC1. The zero-order valence-corrected chi connectivity index (χ0v) is 15.3. The largest absolute Gasteiger partial charge is 0.379 e. The van der Waals surface area contributed by atoms with Gasteiger partial charge in [0.15, 0.2) is 0 Å². The molecule has 0 aromatic rings. The quantitative estimate of drug-likeness (QED) is 0.739. The van der Waals surface area contributed by atoms with Crippen molar-refractivity contribution in [3.8, 4) is 0 Å². The fourth-order valence-corrected chi connectivity index (χ4v) is 4.14. The lowest BCUT2D eigenvalue weighted by Crippen LogP contribution is -2.47. The van der Waals surface area contributed by atoms with Crippen molar-refractivity contribution in [3.63, 3.8) is 0 Å². The van der Waals surface area contributed by atoms with Crippen molar-refractivity contribution in [1.82, 2.24) is 19.6 Å². The summed E-state index contributed by atoms with van der Waals surface area (Å²) in [5, 5.41) is 0. The number of likely N-dealkylation sites (N-methyl/N-ethyl adjacent to an activating group) is 1. The Labute approximate surface area is 146 Å². The summed E-state index contributed by atoms with van der Waals surface area (Å²) in [5.41, 5.74) is 0. The first-order chi connectivity index (χ1) is 11.7. The molecule has 3 fully saturated rings. The van der Waals surface area contributed by atoms with Gasteiger partial charge in [-0.3, -0.25) is 9.69 Å². The zero-order valence-electron chi connectivity index (χ0n) is 15.3. The highest BCUT2D eigenvalue weighted by atomic mass is 16.5. The van der Waals surface area contributed by atoms with E-state index >= 15 is 0 Å². The maximum Gasteiger partial charge on any atom is 0.223 e. The van der Waals surface area contributed by atoms with E-state index in [1.165, 1.54) is 19.3 Å². The first kappa shape index (κ1) is 18.1. The van der Waals surface area contributed by atoms with Crippen molar-refractivity contribution in [1.29, 1.82) is 0 Å². The molecule has 0 saturated carbocycles. The molecule has 24 heavy (non-hydrogen) atoms. The number of nitrogens with zero attached hydrogens (tertiary/aromatic N) is 4. The Balaban J connectivity index is 1.37. The van der Waals surface area contributed by atoms with Gasteiger partial charge in [0.05, 0.1) is 13.2 Å². The average Bonchev–Trinajstić information content (AvgIpc) is 2.87. The number of carbonyl (C=O) groups excluding carboxylic acids is 1. The molecule has 0 N–H and O–H groups in total. The normalized spacial score (nSPS) is 28.7. The Morgan fingerprint density at radius 2 is 1.71 bits per heavy atom. The van der Waals surface area contributed by atoms with Gasteiger partial charge in [-0.1, -0.05) is 0 Å². The van der Waals surface area contributed by atoms with Crippen LogP contribution in [-0.2, 0) is 9.53 Å².